The van der Waals surface area contributed by atoms with Crippen LogP contribution in [0.5, 0.6) is 0 Å². The third kappa shape index (κ3) is 3.81. The highest BCUT2D eigenvalue weighted by molar-refractivity contribution is 7.89. The molecule has 1 unspecified atom stereocenters. The first-order chi connectivity index (χ1) is 13.8. The van der Waals surface area contributed by atoms with Crippen LogP contribution in [0.15, 0.2) is 47.4 Å². The Kier molecular flexibility index (Phi) is 5.44. The molecule has 2 aliphatic rings. The maximum Gasteiger partial charge on any atom is 0.256 e. The van der Waals surface area contributed by atoms with Crippen molar-refractivity contribution in [2.75, 3.05) is 14.1 Å². The number of fused-ring (bicyclic) bond motifs is 1. The van der Waals surface area contributed by atoms with Gasteiger partial charge in [-0.15, -0.1) is 0 Å². The number of amides is 1. The van der Waals surface area contributed by atoms with Crippen molar-refractivity contribution in [2.45, 2.75) is 49.1 Å². The Morgan fingerprint density at radius 3 is 2.48 bits per heavy atom. The fourth-order valence-electron chi connectivity index (χ4n) is 4.11. The molecule has 2 aromatic rings. The molecule has 0 bridgehead atoms. The fraction of sp³-hybridized carbons (Fsp3) is 0.409. The van der Waals surface area contributed by atoms with Gasteiger partial charge in [-0.25, -0.2) is 12.7 Å². The van der Waals surface area contributed by atoms with Crippen molar-refractivity contribution in [1.29, 1.82) is 0 Å². The van der Waals surface area contributed by atoms with Gasteiger partial charge in [0.15, 0.2) is 0 Å². The second kappa shape index (κ2) is 7.74. The van der Waals surface area contributed by atoms with Gasteiger partial charge in [0.25, 0.3) is 5.91 Å². The summed E-state index contributed by atoms with van der Waals surface area (Å²) in [6, 6.07) is 12.9. The van der Waals surface area contributed by atoms with Gasteiger partial charge in [0.1, 0.15) is 0 Å². The van der Waals surface area contributed by atoms with E-state index in [-0.39, 0.29) is 33.5 Å². The molecule has 7 heteroatoms. The van der Waals surface area contributed by atoms with E-state index in [0.29, 0.717) is 0 Å². The Morgan fingerprint density at radius 2 is 1.79 bits per heavy atom. The summed E-state index contributed by atoms with van der Waals surface area (Å²) in [6.45, 7) is 0. The van der Waals surface area contributed by atoms with E-state index in [9.17, 15) is 13.2 Å². The molecule has 0 heterocycles. The second-order valence-corrected chi connectivity index (χ2v) is 10.5. The third-order valence-corrected chi connectivity index (χ3v) is 7.94. The standard InChI is InChI=1S/C22H25ClN2O3S/c1-24(2)29(27,28)17-12-13-20(23)19(14-17)22(26)25(16-10-11-16)21-9-5-7-15-6-3-4-8-18(15)21/h3-4,6,8,12-14,16,21H,5,7,9-11H2,1-2H3. The van der Waals surface area contributed by atoms with E-state index in [1.54, 1.807) is 0 Å². The van der Waals surface area contributed by atoms with Gasteiger partial charge in [-0.1, -0.05) is 35.9 Å². The van der Waals surface area contributed by atoms with Crippen LogP contribution in [-0.2, 0) is 16.4 Å². The van der Waals surface area contributed by atoms with Gasteiger partial charge in [0.2, 0.25) is 10.0 Å². The Hall–Kier alpha value is -1.89. The molecule has 0 saturated heterocycles. The first kappa shape index (κ1) is 20.4. The second-order valence-electron chi connectivity index (χ2n) is 7.98. The number of halogens is 1. The molecule has 0 aromatic heterocycles. The number of rotatable bonds is 5. The summed E-state index contributed by atoms with van der Waals surface area (Å²) < 4.78 is 26.3. The molecule has 1 amide bonds. The lowest BCUT2D eigenvalue weighted by molar-refractivity contribution is 0.0638. The molecule has 2 aromatic carbocycles. The number of benzene rings is 2. The van der Waals surface area contributed by atoms with Crippen molar-refractivity contribution in [3.63, 3.8) is 0 Å². The highest BCUT2D eigenvalue weighted by Gasteiger charge is 2.40. The number of sulfonamides is 1. The van der Waals surface area contributed by atoms with Crippen LogP contribution >= 0.6 is 11.6 Å². The molecule has 1 atom stereocenters. The van der Waals surface area contributed by atoms with Gasteiger partial charge >= 0.3 is 0 Å². The highest BCUT2D eigenvalue weighted by Crippen LogP contribution is 2.42. The van der Waals surface area contributed by atoms with Crippen LogP contribution in [-0.4, -0.2) is 43.7 Å². The number of carbonyl (C=O) groups excluding carboxylic acids is 1. The Bertz CT molecular complexity index is 1050. The number of carbonyl (C=O) groups is 1. The largest absolute Gasteiger partial charge is 0.329 e. The topological polar surface area (TPSA) is 57.7 Å². The van der Waals surface area contributed by atoms with Gasteiger partial charge in [0.05, 0.1) is 21.5 Å². The maximum absolute atomic E-state index is 13.6. The van der Waals surface area contributed by atoms with Crippen LogP contribution in [0.25, 0.3) is 0 Å². The van der Waals surface area contributed by atoms with Crippen LogP contribution < -0.4 is 0 Å². The third-order valence-electron chi connectivity index (χ3n) is 5.80. The molecule has 4 rings (SSSR count). The fourth-order valence-corrected chi connectivity index (χ4v) is 5.24. The van der Waals surface area contributed by atoms with E-state index in [1.165, 1.54) is 43.4 Å². The summed E-state index contributed by atoms with van der Waals surface area (Å²) in [4.78, 5) is 15.7. The van der Waals surface area contributed by atoms with Crippen molar-refractivity contribution in [1.82, 2.24) is 9.21 Å². The van der Waals surface area contributed by atoms with E-state index in [0.717, 1.165) is 36.4 Å². The minimum Gasteiger partial charge on any atom is -0.329 e. The molecule has 0 aliphatic heterocycles. The zero-order valence-corrected chi connectivity index (χ0v) is 18.2. The monoisotopic (exact) mass is 432 g/mol. The molecule has 154 valence electrons. The van der Waals surface area contributed by atoms with Crippen molar-refractivity contribution in [2.24, 2.45) is 0 Å². The van der Waals surface area contributed by atoms with Crippen LogP contribution in [0.4, 0.5) is 0 Å². The minimum absolute atomic E-state index is 0.00475. The summed E-state index contributed by atoms with van der Waals surface area (Å²) in [7, 11) is -0.703. The van der Waals surface area contributed by atoms with E-state index in [1.807, 2.05) is 17.0 Å². The average Bonchev–Trinajstić information content (AvgIpc) is 3.53. The zero-order chi connectivity index (χ0) is 20.8. The molecule has 29 heavy (non-hydrogen) atoms. The molecule has 0 radical (unpaired) electrons. The molecule has 2 aliphatic carbocycles. The molecule has 0 N–H and O–H groups in total. The Morgan fingerprint density at radius 1 is 1.07 bits per heavy atom. The molecule has 5 nitrogen and oxygen atoms in total. The van der Waals surface area contributed by atoms with E-state index < -0.39 is 10.0 Å². The highest BCUT2D eigenvalue weighted by atomic mass is 35.5. The van der Waals surface area contributed by atoms with Gasteiger partial charge < -0.3 is 4.90 Å². The van der Waals surface area contributed by atoms with Crippen molar-refractivity contribution < 1.29 is 13.2 Å². The molecular weight excluding hydrogens is 408 g/mol. The predicted molar refractivity (Wildman–Crippen MR) is 114 cm³/mol. The molecule has 1 saturated carbocycles. The van der Waals surface area contributed by atoms with Gasteiger partial charge in [0, 0.05) is 20.1 Å². The van der Waals surface area contributed by atoms with Crippen LogP contribution in [0.2, 0.25) is 5.02 Å². The Balaban J connectivity index is 1.75. The van der Waals surface area contributed by atoms with Gasteiger partial charge in [-0.2, -0.15) is 0 Å². The van der Waals surface area contributed by atoms with Crippen molar-refractivity contribution in [3.8, 4) is 0 Å². The number of hydrogen-bond donors (Lipinski definition) is 0. The summed E-state index contributed by atoms with van der Waals surface area (Å²) in [6.07, 6.45) is 4.90. The number of hydrogen-bond acceptors (Lipinski definition) is 3. The SMILES string of the molecule is CN(C)S(=O)(=O)c1ccc(Cl)c(C(=O)N(C2CC2)C2CCCc3ccccc32)c1. The maximum atomic E-state index is 13.6. The van der Waals surface area contributed by atoms with Crippen LogP contribution in [0, 0.1) is 0 Å². The minimum atomic E-state index is -3.65. The van der Waals surface area contributed by atoms with E-state index >= 15 is 0 Å². The van der Waals surface area contributed by atoms with E-state index in [4.69, 9.17) is 11.6 Å². The lowest BCUT2D eigenvalue weighted by Crippen LogP contribution is -2.38. The van der Waals surface area contributed by atoms with Crippen LogP contribution in [0.3, 0.4) is 0 Å². The van der Waals surface area contributed by atoms with E-state index in [2.05, 4.69) is 12.1 Å². The van der Waals surface area contributed by atoms with Gasteiger partial charge in [-0.3, -0.25) is 4.79 Å². The zero-order valence-electron chi connectivity index (χ0n) is 16.6. The van der Waals surface area contributed by atoms with Gasteiger partial charge in [-0.05, 0) is 61.4 Å². The van der Waals surface area contributed by atoms with Crippen LogP contribution in [0.1, 0.15) is 53.2 Å². The average molecular weight is 433 g/mol. The normalized spacial score (nSPS) is 19.1. The smallest absolute Gasteiger partial charge is 0.256 e. The first-order valence-corrected chi connectivity index (χ1v) is 11.7. The quantitative estimate of drug-likeness (QED) is 0.708. The molecular formula is C22H25ClN2O3S. The summed E-state index contributed by atoms with van der Waals surface area (Å²) in [5.41, 5.74) is 2.74. The number of nitrogens with zero attached hydrogens (tertiary/aromatic N) is 2. The van der Waals surface area contributed by atoms with Crippen molar-refractivity contribution >= 4 is 27.5 Å². The summed E-state index contributed by atoms with van der Waals surface area (Å²) in [5, 5.41) is 0.280. The summed E-state index contributed by atoms with van der Waals surface area (Å²) in [5.74, 6) is -0.185. The van der Waals surface area contributed by atoms with Crippen molar-refractivity contribution in [3.05, 3.63) is 64.2 Å². The molecule has 0 spiro atoms. The number of aryl methyl sites for hydroxylation is 1. The molecule has 1 fully saturated rings. The lowest BCUT2D eigenvalue weighted by atomic mass is 9.86. The summed E-state index contributed by atoms with van der Waals surface area (Å²) >= 11 is 6.37. The Labute approximate surface area is 177 Å². The first-order valence-electron chi connectivity index (χ1n) is 9.93. The lowest BCUT2D eigenvalue weighted by Gasteiger charge is -2.36. The predicted octanol–water partition coefficient (Wildman–Crippen LogP) is 4.27.